The minimum atomic E-state index is -0.293. The van der Waals surface area contributed by atoms with Crippen LogP contribution in [0, 0.1) is 5.82 Å². The number of likely N-dealkylation sites (N-methyl/N-ethyl adjacent to an activating group) is 1. The van der Waals surface area contributed by atoms with Crippen molar-refractivity contribution in [2.24, 2.45) is 5.73 Å². The van der Waals surface area contributed by atoms with Crippen molar-refractivity contribution < 1.29 is 4.39 Å². The Morgan fingerprint density at radius 3 is 2.84 bits per heavy atom. The van der Waals surface area contributed by atoms with Crippen LogP contribution in [0.3, 0.4) is 0 Å². The minimum Gasteiger partial charge on any atom is -0.389 e. The summed E-state index contributed by atoms with van der Waals surface area (Å²) in [6.45, 7) is 6.04. The quantitative estimate of drug-likeness (QED) is 0.853. The first-order valence-corrected chi connectivity index (χ1v) is 6.89. The zero-order chi connectivity index (χ0) is 14.0. The van der Waals surface area contributed by atoms with E-state index in [0.29, 0.717) is 11.6 Å². The number of hydrogen-bond acceptors (Lipinski definition) is 3. The van der Waals surface area contributed by atoms with E-state index in [1.54, 1.807) is 6.07 Å². The van der Waals surface area contributed by atoms with Crippen molar-refractivity contribution in [1.29, 1.82) is 0 Å². The Hall–Kier alpha value is -1.04. The molecule has 1 aliphatic heterocycles. The number of thiocarbonyl (C=S) groups is 1. The highest BCUT2D eigenvalue weighted by Gasteiger charge is 2.21. The maximum atomic E-state index is 13.3. The van der Waals surface area contributed by atoms with Crippen LogP contribution in [0.15, 0.2) is 18.2 Å². The van der Waals surface area contributed by atoms with E-state index in [1.807, 2.05) is 0 Å². The molecule has 0 aromatic heterocycles. The summed E-state index contributed by atoms with van der Waals surface area (Å²) in [5.74, 6) is -0.293. The average Bonchev–Trinajstić information content (AvgIpc) is 2.36. The lowest BCUT2D eigenvalue weighted by molar-refractivity contribution is 0.0999. The second kappa shape index (κ2) is 5.94. The zero-order valence-corrected chi connectivity index (χ0v) is 12.2. The van der Waals surface area contributed by atoms with Gasteiger partial charge in [-0.15, -0.1) is 0 Å². The fourth-order valence-electron chi connectivity index (χ4n) is 2.42. The van der Waals surface area contributed by atoms with Gasteiger partial charge in [0, 0.05) is 37.8 Å². The molecule has 0 saturated carbocycles. The lowest BCUT2D eigenvalue weighted by atomic mass is 10.1. The molecule has 1 fully saturated rings. The molecule has 2 N–H and O–H groups in total. The Labute approximate surface area is 119 Å². The van der Waals surface area contributed by atoms with E-state index < -0.39 is 0 Å². The molecule has 1 aliphatic rings. The van der Waals surface area contributed by atoms with Crippen molar-refractivity contribution in [2.45, 2.75) is 19.5 Å². The summed E-state index contributed by atoms with van der Waals surface area (Å²) in [5.41, 5.74) is 7.34. The molecule has 0 bridgehead atoms. The first-order valence-electron chi connectivity index (χ1n) is 6.48. The number of nitrogens with two attached hydrogens (primary N) is 1. The molecule has 5 heteroatoms. The molecule has 19 heavy (non-hydrogen) atoms. The highest BCUT2D eigenvalue weighted by Crippen LogP contribution is 2.16. The van der Waals surface area contributed by atoms with Crippen molar-refractivity contribution in [3.8, 4) is 0 Å². The molecule has 1 aromatic carbocycles. The molecule has 2 rings (SSSR count). The predicted octanol–water partition coefficient (Wildman–Crippen LogP) is 1.60. The summed E-state index contributed by atoms with van der Waals surface area (Å²) >= 11 is 5.00. The van der Waals surface area contributed by atoms with E-state index in [4.69, 9.17) is 18.0 Å². The molecule has 0 spiro atoms. The van der Waals surface area contributed by atoms with Crippen molar-refractivity contribution >= 4 is 17.2 Å². The van der Waals surface area contributed by atoms with Gasteiger partial charge in [0.05, 0.1) is 0 Å². The second-order valence-electron chi connectivity index (χ2n) is 5.23. The van der Waals surface area contributed by atoms with Gasteiger partial charge in [0.15, 0.2) is 0 Å². The average molecular weight is 281 g/mol. The highest BCUT2D eigenvalue weighted by atomic mass is 32.1. The van der Waals surface area contributed by atoms with Crippen LogP contribution >= 0.6 is 12.2 Å². The Kier molecular flexibility index (Phi) is 4.50. The van der Waals surface area contributed by atoms with Crippen LogP contribution in [0.2, 0.25) is 0 Å². The SMILES string of the molecule is CC1CN(Cc2ccc(F)cc2C(N)=S)CCN1C. The monoisotopic (exact) mass is 281 g/mol. The standard InChI is InChI=1S/C14H20FN3S/c1-10-8-18(6-5-17(10)2)9-11-3-4-12(15)7-13(11)14(16)19/h3-4,7,10H,5-6,8-9H2,1-2H3,(H2,16,19). The van der Waals surface area contributed by atoms with Crippen LogP contribution in [0.5, 0.6) is 0 Å². The van der Waals surface area contributed by atoms with Gasteiger partial charge in [-0.3, -0.25) is 4.90 Å². The molecule has 1 atom stereocenters. The zero-order valence-electron chi connectivity index (χ0n) is 11.4. The topological polar surface area (TPSA) is 32.5 Å². The van der Waals surface area contributed by atoms with Gasteiger partial charge in [0.2, 0.25) is 0 Å². The predicted molar refractivity (Wildman–Crippen MR) is 79.7 cm³/mol. The van der Waals surface area contributed by atoms with Gasteiger partial charge >= 0.3 is 0 Å². The number of halogens is 1. The molecule has 0 aliphatic carbocycles. The lowest BCUT2D eigenvalue weighted by Crippen LogP contribution is -2.49. The minimum absolute atomic E-state index is 0.261. The van der Waals surface area contributed by atoms with Crippen LogP contribution in [-0.2, 0) is 6.54 Å². The molecule has 1 saturated heterocycles. The third-order valence-electron chi connectivity index (χ3n) is 3.78. The van der Waals surface area contributed by atoms with E-state index in [9.17, 15) is 4.39 Å². The van der Waals surface area contributed by atoms with Crippen LogP contribution in [0.25, 0.3) is 0 Å². The summed E-state index contributed by atoms with van der Waals surface area (Å²) in [7, 11) is 2.14. The van der Waals surface area contributed by atoms with Crippen molar-refractivity contribution in [2.75, 3.05) is 26.7 Å². The molecule has 1 aromatic rings. The molecule has 1 unspecified atom stereocenters. The number of hydrogen-bond donors (Lipinski definition) is 1. The summed E-state index contributed by atoms with van der Waals surface area (Å²) in [6.07, 6.45) is 0. The largest absolute Gasteiger partial charge is 0.389 e. The third-order valence-corrected chi connectivity index (χ3v) is 4.00. The van der Waals surface area contributed by atoms with E-state index in [0.717, 1.165) is 31.7 Å². The van der Waals surface area contributed by atoms with E-state index in [-0.39, 0.29) is 10.8 Å². The Morgan fingerprint density at radius 1 is 1.47 bits per heavy atom. The molecular weight excluding hydrogens is 261 g/mol. The fraction of sp³-hybridized carbons (Fsp3) is 0.500. The van der Waals surface area contributed by atoms with E-state index in [2.05, 4.69) is 23.8 Å². The first-order chi connectivity index (χ1) is 8.97. The molecule has 104 valence electrons. The molecule has 3 nitrogen and oxygen atoms in total. The van der Waals surface area contributed by atoms with Crippen LogP contribution < -0.4 is 5.73 Å². The smallest absolute Gasteiger partial charge is 0.123 e. The molecule has 0 amide bonds. The summed E-state index contributed by atoms with van der Waals surface area (Å²) in [4.78, 5) is 4.96. The number of rotatable bonds is 3. The Morgan fingerprint density at radius 2 is 2.21 bits per heavy atom. The molecule has 0 radical (unpaired) electrons. The Bertz CT molecular complexity index is 478. The molecular formula is C14H20FN3S. The maximum Gasteiger partial charge on any atom is 0.123 e. The maximum absolute atomic E-state index is 13.3. The first kappa shape index (κ1) is 14.4. The summed E-state index contributed by atoms with van der Waals surface area (Å²) in [5, 5.41) is 0. The third kappa shape index (κ3) is 3.49. The van der Waals surface area contributed by atoms with Gasteiger partial charge in [-0.2, -0.15) is 0 Å². The van der Waals surface area contributed by atoms with Gasteiger partial charge in [-0.05, 0) is 31.7 Å². The van der Waals surface area contributed by atoms with E-state index in [1.165, 1.54) is 12.1 Å². The highest BCUT2D eigenvalue weighted by molar-refractivity contribution is 7.80. The summed E-state index contributed by atoms with van der Waals surface area (Å²) < 4.78 is 13.3. The van der Waals surface area contributed by atoms with Crippen LogP contribution in [0.1, 0.15) is 18.1 Å². The van der Waals surface area contributed by atoms with Gasteiger partial charge in [0.25, 0.3) is 0 Å². The van der Waals surface area contributed by atoms with Crippen molar-refractivity contribution in [3.05, 3.63) is 35.1 Å². The Balaban J connectivity index is 2.13. The van der Waals surface area contributed by atoms with Gasteiger partial charge in [0.1, 0.15) is 10.8 Å². The van der Waals surface area contributed by atoms with Gasteiger partial charge in [-0.1, -0.05) is 18.3 Å². The van der Waals surface area contributed by atoms with Crippen LogP contribution in [0.4, 0.5) is 4.39 Å². The number of nitrogens with zero attached hydrogens (tertiary/aromatic N) is 2. The second-order valence-corrected chi connectivity index (χ2v) is 5.67. The van der Waals surface area contributed by atoms with Gasteiger partial charge < -0.3 is 10.6 Å². The van der Waals surface area contributed by atoms with Crippen molar-refractivity contribution in [1.82, 2.24) is 9.80 Å². The fourth-order valence-corrected chi connectivity index (χ4v) is 2.61. The lowest BCUT2D eigenvalue weighted by Gasteiger charge is -2.37. The summed E-state index contributed by atoms with van der Waals surface area (Å²) in [6, 6.07) is 5.21. The van der Waals surface area contributed by atoms with Gasteiger partial charge in [-0.25, -0.2) is 4.39 Å². The van der Waals surface area contributed by atoms with Crippen molar-refractivity contribution in [3.63, 3.8) is 0 Å². The van der Waals surface area contributed by atoms with E-state index >= 15 is 0 Å². The number of benzene rings is 1. The normalized spacial score (nSPS) is 21.5. The molecule has 1 heterocycles. The van der Waals surface area contributed by atoms with Crippen LogP contribution in [-0.4, -0.2) is 47.5 Å². The number of piperazine rings is 1.